The number of carbonyl (C=O) groups excluding carboxylic acids is 1. The van der Waals surface area contributed by atoms with Crippen molar-refractivity contribution in [2.24, 2.45) is 0 Å². The van der Waals surface area contributed by atoms with Gasteiger partial charge in [-0.15, -0.1) is 0 Å². The molecule has 1 aromatic carbocycles. The number of fused-ring (bicyclic) bond motifs is 1. The molecule has 4 nitrogen and oxygen atoms in total. The first kappa shape index (κ1) is 15.5. The van der Waals surface area contributed by atoms with Crippen LogP contribution in [0.15, 0.2) is 18.2 Å². The van der Waals surface area contributed by atoms with Crippen molar-refractivity contribution in [1.82, 2.24) is 4.90 Å². The number of hydrogen-bond acceptors (Lipinski definition) is 3. The highest BCUT2D eigenvalue weighted by Crippen LogP contribution is 2.37. The molecule has 1 aliphatic heterocycles. The number of rotatable bonds is 3. The number of aliphatic hydroxyl groups is 1. The minimum absolute atomic E-state index is 0.0351. The summed E-state index contributed by atoms with van der Waals surface area (Å²) >= 11 is 0. The molecule has 0 aliphatic carbocycles. The van der Waals surface area contributed by atoms with Crippen LogP contribution in [0.3, 0.4) is 0 Å². The Bertz CT molecular complexity index is 592. The highest BCUT2D eigenvalue weighted by molar-refractivity contribution is 6.00. The van der Waals surface area contributed by atoms with E-state index in [0.29, 0.717) is 12.0 Å². The van der Waals surface area contributed by atoms with Gasteiger partial charge in [-0.3, -0.25) is 4.79 Å². The Kier molecular flexibility index (Phi) is 4.06. The fourth-order valence-electron chi connectivity index (χ4n) is 2.78. The quantitative estimate of drug-likeness (QED) is 0.929. The number of aliphatic hydroxyl groups excluding tert-OH is 1. The van der Waals surface area contributed by atoms with Crippen LogP contribution in [0.1, 0.15) is 61.6 Å². The number of carbonyl (C=O) groups is 1. The van der Waals surface area contributed by atoms with Crippen LogP contribution in [-0.4, -0.2) is 28.6 Å². The Morgan fingerprint density at radius 3 is 2.57 bits per heavy atom. The second-order valence-corrected chi connectivity index (χ2v) is 6.54. The number of nitrogens with zero attached hydrogens (tertiary/aromatic N) is 2. The Balaban J connectivity index is 2.52. The van der Waals surface area contributed by atoms with Gasteiger partial charge in [0, 0.05) is 11.1 Å². The van der Waals surface area contributed by atoms with Crippen molar-refractivity contribution in [1.29, 1.82) is 5.26 Å². The van der Waals surface area contributed by atoms with E-state index in [9.17, 15) is 15.2 Å². The SMILES string of the molecule is CCC(CO)N1C(=O)c2ccc(C(C)(C)C)cc2C1C#N. The normalized spacial score (nSPS) is 19.3. The number of amides is 1. The van der Waals surface area contributed by atoms with Crippen LogP contribution in [0.4, 0.5) is 0 Å². The molecule has 0 saturated heterocycles. The largest absolute Gasteiger partial charge is 0.394 e. The third-order valence-electron chi connectivity index (χ3n) is 4.15. The second-order valence-electron chi connectivity index (χ2n) is 6.54. The lowest BCUT2D eigenvalue weighted by atomic mass is 9.85. The molecule has 0 radical (unpaired) electrons. The van der Waals surface area contributed by atoms with Gasteiger partial charge in [-0.1, -0.05) is 39.8 Å². The van der Waals surface area contributed by atoms with Crippen molar-refractivity contribution < 1.29 is 9.90 Å². The van der Waals surface area contributed by atoms with Crippen molar-refractivity contribution in [3.05, 3.63) is 34.9 Å². The summed E-state index contributed by atoms with van der Waals surface area (Å²) in [5.74, 6) is -0.155. The van der Waals surface area contributed by atoms with E-state index < -0.39 is 6.04 Å². The number of nitriles is 1. The van der Waals surface area contributed by atoms with Crippen molar-refractivity contribution in [3.63, 3.8) is 0 Å². The molecule has 1 amide bonds. The van der Waals surface area contributed by atoms with Gasteiger partial charge in [-0.2, -0.15) is 5.26 Å². The zero-order chi connectivity index (χ0) is 15.8. The maximum absolute atomic E-state index is 12.5. The minimum Gasteiger partial charge on any atom is -0.394 e. The second kappa shape index (κ2) is 5.50. The standard InChI is InChI=1S/C17H22N2O2/c1-5-12(10-20)19-15(9-18)14-8-11(17(2,3)4)6-7-13(14)16(19)21/h6-8,12,15,20H,5,10H2,1-4H3. The Morgan fingerprint density at radius 2 is 2.10 bits per heavy atom. The van der Waals surface area contributed by atoms with Gasteiger partial charge in [-0.25, -0.2) is 0 Å². The topological polar surface area (TPSA) is 64.3 Å². The molecule has 0 bridgehead atoms. The maximum Gasteiger partial charge on any atom is 0.255 e. The lowest BCUT2D eigenvalue weighted by Gasteiger charge is -2.28. The van der Waals surface area contributed by atoms with Gasteiger partial charge in [0.25, 0.3) is 5.91 Å². The fraction of sp³-hybridized carbons (Fsp3) is 0.529. The molecule has 112 valence electrons. The molecular formula is C17H22N2O2. The summed E-state index contributed by atoms with van der Waals surface area (Å²) in [6, 6.07) is 7.03. The van der Waals surface area contributed by atoms with Gasteiger partial charge in [0.15, 0.2) is 0 Å². The molecule has 1 N–H and O–H groups in total. The molecule has 0 spiro atoms. The highest BCUT2D eigenvalue weighted by atomic mass is 16.3. The molecule has 2 atom stereocenters. The van der Waals surface area contributed by atoms with Crippen LogP contribution < -0.4 is 0 Å². The molecule has 2 unspecified atom stereocenters. The Hall–Kier alpha value is -1.86. The maximum atomic E-state index is 12.5. The molecule has 1 aliphatic rings. The summed E-state index contributed by atoms with van der Waals surface area (Å²) in [7, 11) is 0. The molecule has 0 fully saturated rings. The van der Waals surface area contributed by atoms with E-state index in [-0.39, 0.29) is 24.0 Å². The average Bonchev–Trinajstić information content (AvgIpc) is 2.72. The van der Waals surface area contributed by atoms with E-state index in [4.69, 9.17) is 0 Å². The monoisotopic (exact) mass is 286 g/mol. The summed E-state index contributed by atoms with van der Waals surface area (Å²) in [4.78, 5) is 14.1. The smallest absolute Gasteiger partial charge is 0.255 e. The van der Waals surface area contributed by atoms with Gasteiger partial charge in [-0.05, 0) is 23.5 Å². The number of hydrogen-bond donors (Lipinski definition) is 1. The first-order valence-electron chi connectivity index (χ1n) is 7.32. The van der Waals surface area contributed by atoms with E-state index in [1.165, 1.54) is 4.90 Å². The fourth-order valence-corrected chi connectivity index (χ4v) is 2.78. The summed E-state index contributed by atoms with van der Waals surface area (Å²) in [6.07, 6.45) is 0.626. The van der Waals surface area contributed by atoms with Gasteiger partial charge >= 0.3 is 0 Å². The predicted molar refractivity (Wildman–Crippen MR) is 80.8 cm³/mol. The van der Waals surface area contributed by atoms with Gasteiger partial charge in [0.05, 0.1) is 18.7 Å². The zero-order valence-electron chi connectivity index (χ0n) is 13.1. The van der Waals surface area contributed by atoms with Crippen LogP contribution in [0, 0.1) is 11.3 Å². The summed E-state index contributed by atoms with van der Waals surface area (Å²) in [6.45, 7) is 8.10. The third kappa shape index (κ3) is 2.54. The molecular weight excluding hydrogens is 264 g/mol. The van der Waals surface area contributed by atoms with Gasteiger partial charge in [0.1, 0.15) is 6.04 Å². The first-order chi connectivity index (χ1) is 9.85. The van der Waals surface area contributed by atoms with Crippen molar-refractivity contribution in [2.75, 3.05) is 6.61 Å². The third-order valence-corrected chi connectivity index (χ3v) is 4.15. The molecule has 4 heteroatoms. The Morgan fingerprint density at radius 1 is 1.43 bits per heavy atom. The van der Waals surface area contributed by atoms with Crippen LogP contribution in [0.5, 0.6) is 0 Å². The van der Waals surface area contributed by atoms with E-state index in [1.807, 2.05) is 25.1 Å². The lowest BCUT2D eigenvalue weighted by molar-refractivity contribution is 0.0572. The minimum atomic E-state index is -0.605. The predicted octanol–water partition coefficient (Wildman–Crippen LogP) is 2.78. The van der Waals surface area contributed by atoms with Crippen LogP contribution >= 0.6 is 0 Å². The molecule has 1 aromatic rings. The summed E-state index contributed by atoms with van der Waals surface area (Å²) < 4.78 is 0. The summed E-state index contributed by atoms with van der Waals surface area (Å²) in [5, 5.41) is 19.0. The van der Waals surface area contributed by atoms with Gasteiger partial charge < -0.3 is 10.0 Å². The van der Waals surface area contributed by atoms with Crippen LogP contribution in [0.25, 0.3) is 0 Å². The van der Waals surface area contributed by atoms with Crippen molar-refractivity contribution >= 4 is 5.91 Å². The molecule has 0 saturated carbocycles. The highest BCUT2D eigenvalue weighted by Gasteiger charge is 2.40. The van der Waals surface area contributed by atoms with Crippen molar-refractivity contribution in [3.8, 4) is 6.07 Å². The average molecular weight is 286 g/mol. The van der Waals surface area contributed by atoms with Crippen molar-refractivity contribution in [2.45, 2.75) is 51.6 Å². The lowest BCUT2D eigenvalue weighted by Crippen LogP contribution is -2.39. The van der Waals surface area contributed by atoms with E-state index in [2.05, 4.69) is 26.8 Å². The molecule has 2 rings (SSSR count). The Labute approximate surface area is 126 Å². The van der Waals surface area contributed by atoms with Gasteiger partial charge in [0.2, 0.25) is 0 Å². The molecule has 0 aromatic heterocycles. The molecule has 1 heterocycles. The van der Waals surface area contributed by atoms with E-state index in [1.54, 1.807) is 0 Å². The van der Waals surface area contributed by atoms with E-state index in [0.717, 1.165) is 11.1 Å². The van der Waals surface area contributed by atoms with E-state index >= 15 is 0 Å². The first-order valence-corrected chi connectivity index (χ1v) is 7.32. The zero-order valence-corrected chi connectivity index (χ0v) is 13.1. The number of benzene rings is 1. The molecule has 21 heavy (non-hydrogen) atoms. The van der Waals surface area contributed by atoms with Crippen LogP contribution in [-0.2, 0) is 5.41 Å². The summed E-state index contributed by atoms with van der Waals surface area (Å²) in [5.41, 5.74) is 2.42. The van der Waals surface area contributed by atoms with Crippen LogP contribution in [0.2, 0.25) is 0 Å².